The van der Waals surface area contributed by atoms with Gasteiger partial charge in [0, 0.05) is 0 Å². The number of hydrogen-bond acceptors (Lipinski definition) is 5. The molecule has 0 bridgehead atoms. The summed E-state index contributed by atoms with van der Waals surface area (Å²) in [7, 11) is -4.82. The van der Waals surface area contributed by atoms with Crippen molar-refractivity contribution in [3.05, 3.63) is 29.8 Å². The Morgan fingerprint density at radius 2 is 1.80 bits per heavy atom. The van der Waals surface area contributed by atoms with E-state index >= 15 is 0 Å². The van der Waals surface area contributed by atoms with Crippen molar-refractivity contribution < 1.29 is 25.9 Å². The molecule has 6 nitrogen and oxygen atoms in total. The minimum atomic E-state index is -4.82. The number of halogens is 2. The summed E-state index contributed by atoms with van der Waals surface area (Å²) in [6.07, 6.45) is 0. The van der Waals surface area contributed by atoms with Crippen LogP contribution in [0.1, 0.15) is 0 Å². The van der Waals surface area contributed by atoms with Gasteiger partial charge < -0.3 is 4.18 Å². The van der Waals surface area contributed by atoms with Gasteiger partial charge in [-0.25, -0.2) is 4.39 Å². The normalized spacial score (nSPS) is 10.2. The number of hydrogen-bond donors (Lipinski definition) is 3. The summed E-state index contributed by atoms with van der Waals surface area (Å²) < 4.78 is 57.2. The second kappa shape index (κ2) is 5.56. The van der Waals surface area contributed by atoms with E-state index in [4.69, 9.17) is 4.55 Å². The van der Waals surface area contributed by atoms with E-state index in [1.54, 1.807) is 0 Å². The molecular weight excluding hydrogens is 234 g/mol. The van der Waals surface area contributed by atoms with Gasteiger partial charge in [0.05, 0.1) is 0 Å². The van der Waals surface area contributed by atoms with Gasteiger partial charge in [0.2, 0.25) is 5.82 Å². The van der Waals surface area contributed by atoms with Gasteiger partial charge in [0.1, 0.15) is 0 Å². The van der Waals surface area contributed by atoms with Crippen LogP contribution < -0.4 is 15.9 Å². The second-order valence-electron chi connectivity index (χ2n) is 2.06. The van der Waals surface area contributed by atoms with E-state index in [1.165, 1.54) is 0 Å². The van der Waals surface area contributed by atoms with Gasteiger partial charge >= 0.3 is 10.4 Å². The summed E-state index contributed by atoms with van der Waals surface area (Å²) in [5.41, 5.74) is 0. The molecule has 0 unspecified atom stereocenters. The molecule has 0 aliphatic carbocycles. The highest BCUT2D eigenvalue weighted by molar-refractivity contribution is 7.81. The molecule has 0 aliphatic rings. The Balaban J connectivity index is 0.000000921. The Morgan fingerprint density at radius 3 is 2.27 bits per heavy atom. The van der Waals surface area contributed by atoms with E-state index in [-0.39, 0.29) is 0 Å². The van der Waals surface area contributed by atoms with Crippen LogP contribution in [0.15, 0.2) is 18.2 Å². The lowest BCUT2D eigenvalue weighted by Crippen LogP contribution is -2.08. The van der Waals surface area contributed by atoms with Crippen LogP contribution in [-0.4, -0.2) is 13.0 Å². The maximum absolute atomic E-state index is 12.7. The first-order chi connectivity index (χ1) is 6.90. The molecular formula is C6H8F2N2O4S. The number of hydrazine groups is 1. The summed E-state index contributed by atoms with van der Waals surface area (Å²) >= 11 is 0. The standard InChI is InChI=1S/C6H4F2O4S.H4N2/c7-4-2-1-3-5(6(4)8)12-13(9,10)11;1-2/h1-3H,(H,9,10,11);1-2H2. The van der Waals surface area contributed by atoms with Crippen molar-refractivity contribution in [2.75, 3.05) is 0 Å². The van der Waals surface area contributed by atoms with Crippen LogP contribution in [0, 0.1) is 11.6 Å². The average molecular weight is 242 g/mol. The smallest absolute Gasteiger partial charge is 0.359 e. The van der Waals surface area contributed by atoms with Gasteiger partial charge in [-0.3, -0.25) is 16.2 Å². The first-order valence-corrected chi connectivity index (χ1v) is 4.71. The van der Waals surface area contributed by atoms with E-state index in [9.17, 15) is 17.2 Å². The van der Waals surface area contributed by atoms with Gasteiger partial charge in [-0.1, -0.05) is 6.07 Å². The molecule has 0 saturated carbocycles. The van der Waals surface area contributed by atoms with Gasteiger partial charge in [0.15, 0.2) is 11.6 Å². The molecule has 0 fully saturated rings. The number of benzene rings is 1. The second-order valence-corrected chi connectivity index (χ2v) is 3.09. The van der Waals surface area contributed by atoms with Crippen LogP contribution in [0.2, 0.25) is 0 Å². The Kier molecular flexibility index (Phi) is 5.08. The third-order valence-corrected chi connectivity index (χ3v) is 1.50. The Morgan fingerprint density at radius 1 is 1.27 bits per heavy atom. The van der Waals surface area contributed by atoms with Crippen molar-refractivity contribution in [2.45, 2.75) is 0 Å². The maximum Gasteiger partial charge on any atom is 0.446 e. The highest BCUT2D eigenvalue weighted by Crippen LogP contribution is 2.19. The highest BCUT2D eigenvalue weighted by atomic mass is 32.3. The quantitative estimate of drug-likeness (QED) is 0.381. The predicted octanol–water partition coefficient (Wildman–Crippen LogP) is -0.0348. The molecule has 0 heterocycles. The molecule has 1 aromatic rings. The summed E-state index contributed by atoms with van der Waals surface area (Å²) in [5, 5.41) is 0. The zero-order chi connectivity index (χ0) is 12.1. The zero-order valence-electron chi connectivity index (χ0n) is 7.22. The van der Waals surface area contributed by atoms with Gasteiger partial charge in [0.25, 0.3) is 0 Å². The fraction of sp³-hybridized carbons (Fsp3) is 0. The van der Waals surface area contributed by atoms with Gasteiger partial charge in [-0.15, -0.1) is 0 Å². The van der Waals surface area contributed by atoms with Crippen molar-refractivity contribution in [3.8, 4) is 5.75 Å². The molecule has 0 saturated heterocycles. The molecule has 15 heavy (non-hydrogen) atoms. The van der Waals surface area contributed by atoms with E-state index in [2.05, 4.69) is 15.9 Å². The molecule has 86 valence electrons. The third kappa shape index (κ3) is 4.65. The summed E-state index contributed by atoms with van der Waals surface area (Å²) in [5.74, 6) is 4.38. The molecule has 0 aromatic heterocycles. The van der Waals surface area contributed by atoms with E-state index in [0.717, 1.165) is 18.2 Å². The summed E-state index contributed by atoms with van der Waals surface area (Å²) in [6, 6.07) is 2.69. The van der Waals surface area contributed by atoms with Crippen molar-refractivity contribution >= 4 is 10.4 Å². The van der Waals surface area contributed by atoms with E-state index < -0.39 is 27.8 Å². The maximum atomic E-state index is 12.7. The lowest BCUT2D eigenvalue weighted by molar-refractivity contribution is 0.370. The average Bonchev–Trinajstić information content (AvgIpc) is 2.14. The Bertz CT molecular complexity index is 423. The molecule has 5 N–H and O–H groups in total. The molecule has 1 rings (SSSR count). The Labute approximate surface area is 84.4 Å². The monoisotopic (exact) mass is 242 g/mol. The van der Waals surface area contributed by atoms with Gasteiger partial charge in [-0.05, 0) is 12.1 Å². The predicted molar refractivity (Wildman–Crippen MR) is 46.9 cm³/mol. The fourth-order valence-electron chi connectivity index (χ4n) is 0.662. The van der Waals surface area contributed by atoms with Crippen LogP contribution in [0.25, 0.3) is 0 Å². The van der Waals surface area contributed by atoms with Crippen LogP contribution in [0.5, 0.6) is 5.75 Å². The Hall–Kier alpha value is -1.29. The van der Waals surface area contributed by atoms with Crippen LogP contribution in [-0.2, 0) is 10.4 Å². The number of rotatable bonds is 2. The first-order valence-electron chi connectivity index (χ1n) is 3.34. The number of nitrogens with two attached hydrogens (primary N) is 2. The van der Waals surface area contributed by atoms with Crippen molar-refractivity contribution in [1.29, 1.82) is 0 Å². The minimum Gasteiger partial charge on any atom is -0.359 e. The largest absolute Gasteiger partial charge is 0.446 e. The lowest BCUT2D eigenvalue weighted by Gasteiger charge is -2.01. The molecule has 0 atom stereocenters. The third-order valence-electron chi connectivity index (χ3n) is 1.11. The van der Waals surface area contributed by atoms with Crippen molar-refractivity contribution in [1.82, 2.24) is 0 Å². The van der Waals surface area contributed by atoms with Gasteiger partial charge in [-0.2, -0.15) is 12.8 Å². The fourth-order valence-corrected chi connectivity index (χ4v) is 1.02. The SMILES string of the molecule is NN.O=S(=O)(O)Oc1cccc(F)c1F. The summed E-state index contributed by atoms with van der Waals surface area (Å²) in [4.78, 5) is 0. The van der Waals surface area contributed by atoms with Crippen LogP contribution >= 0.6 is 0 Å². The molecule has 0 spiro atoms. The molecule has 0 radical (unpaired) electrons. The van der Waals surface area contributed by atoms with Crippen molar-refractivity contribution in [3.63, 3.8) is 0 Å². The molecule has 1 aromatic carbocycles. The lowest BCUT2D eigenvalue weighted by atomic mass is 10.3. The van der Waals surface area contributed by atoms with Crippen LogP contribution in [0.4, 0.5) is 8.78 Å². The van der Waals surface area contributed by atoms with Crippen LogP contribution in [0.3, 0.4) is 0 Å². The van der Waals surface area contributed by atoms with E-state index in [1.807, 2.05) is 0 Å². The molecule has 0 aliphatic heterocycles. The first kappa shape index (κ1) is 13.7. The summed E-state index contributed by atoms with van der Waals surface area (Å²) in [6.45, 7) is 0. The highest BCUT2D eigenvalue weighted by Gasteiger charge is 2.14. The van der Waals surface area contributed by atoms with E-state index in [0.29, 0.717) is 0 Å². The molecule has 0 amide bonds. The minimum absolute atomic E-state index is 0.784. The topological polar surface area (TPSA) is 116 Å². The molecule has 9 heteroatoms. The zero-order valence-corrected chi connectivity index (χ0v) is 8.04. The van der Waals surface area contributed by atoms with Crippen molar-refractivity contribution in [2.24, 2.45) is 11.7 Å².